The first kappa shape index (κ1) is 15.2. The Morgan fingerprint density at radius 1 is 1.21 bits per heavy atom. The van der Waals surface area contributed by atoms with Gasteiger partial charge in [0, 0.05) is 12.0 Å². The van der Waals surface area contributed by atoms with Crippen molar-refractivity contribution in [3.8, 4) is 0 Å². The van der Waals surface area contributed by atoms with E-state index >= 15 is 0 Å². The number of esters is 1. The summed E-state index contributed by atoms with van der Waals surface area (Å²) in [7, 11) is 0. The molecule has 0 aromatic heterocycles. The third-order valence-corrected chi connectivity index (χ3v) is 2.87. The average molecular weight is 263 g/mol. The molecular weight excluding hydrogens is 242 g/mol. The molecule has 4 nitrogen and oxygen atoms in total. The maximum atomic E-state index is 12.0. The Balaban J connectivity index is 2.58. The van der Waals surface area contributed by atoms with Gasteiger partial charge >= 0.3 is 5.97 Å². The lowest BCUT2D eigenvalue weighted by Gasteiger charge is -2.22. The van der Waals surface area contributed by atoms with Crippen molar-refractivity contribution in [1.82, 2.24) is 5.32 Å². The zero-order valence-corrected chi connectivity index (χ0v) is 11.7. The van der Waals surface area contributed by atoms with Gasteiger partial charge in [-0.1, -0.05) is 39.0 Å². The monoisotopic (exact) mass is 263 g/mol. The zero-order valence-electron chi connectivity index (χ0n) is 11.7. The first-order valence-electron chi connectivity index (χ1n) is 6.56. The molecule has 0 radical (unpaired) electrons. The van der Waals surface area contributed by atoms with Crippen molar-refractivity contribution in [3.63, 3.8) is 0 Å². The van der Waals surface area contributed by atoms with E-state index in [1.807, 2.05) is 32.0 Å². The second kappa shape index (κ2) is 7.56. The average Bonchev–Trinajstić information content (AvgIpc) is 2.43. The number of hydrogen-bond acceptors (Lipinski definition) is 3. The van der Waals surface area contributed by atoms with E-state index < -0.39 is 0 Å². The van der Waals surface area contributed by atoms with Crippen molar-refractivity contribution in [1.29, 1.82) is 0 Å². The molecule has 1 aromatic rings. The Labute approximate surface area is 114 Å². The van der Waals surface area contributed by atoms with Crippen molar-refractivity contribution in [2.75, 3.05) is 6.61 Å². The van der Waals surface area contributed by atoms with Gasteiger partial charge in [-0.3, -0.25) is 9.59 Å². The van der Waals surface area contributed by atoms with Crippen LogP contribution in [0.15, 0.2) is 30.3 Å². The van der Waals surface area contributed by atoms with Gasteiger partial charge in [-0.05, 0) is 18.1 Å². The summed E-state index contributed by atoms with van der Waals surface area (Å²) in [6, 6.07) is 8.82. The van der Waals surface area contributed by atoms with Crippen LogP contribution >= 0.6 is 0 Å². The molecule has 1 aromatic carbocycles. The molecule has 0 heterocycles. The van der Waals surface area contributed by atoms with Gasteiger partial charge in [-0.15, -0.1) is 0 Å². The summed E-state index contributed by atoms with van der Waals surface area (Å²) in [6.45, 7) is 5.92. The van der Waals surface area contributed by atoms with E-state index in [0.29, 0.717) is 12.0 Å². The summed E-state index contributed by atoms with van der Waals surface area (Å²) in [5.41, 5.74) is 0.606. The van der Waals surface area contributed by atoms with Crippen LogP contribution in [0.3, 0.4) is 0 Å². The van der Waals surface area contributed by atoms with E-state index in [1.54, 1.807) is 19.1 Å². The molecule has 0 aliphatic rings. The molecule has 0 spiro atoms. The molecule has 19 heavy (non-hydrogen) atoms. The van der Waals surface area contributed by atoms with Gasteiger partial charge in [-0.2, -0.15) is 0 Å². The first-order valence-corrected chi connectivity index (χ1v) is 6.56. The summed E-state index contributed by atoms with van der Waals surface area (Å²) in [5.74, 6) is -0.205. The Morgan fingerprint density at radius 2 is 1.84 bits per heavy atom. The maximum Gasteiger partial charge on any atom is 0.305 e. The predicted octanol–water partition coefficient (Wildman–Crippen LogP) is 2.39. The predicted molar refractivity (Wildman–Crippen MR) is 73.8 cm³/mol. The van der Waals surface area contributed by atoms with Crippen LogP contribution in [0.4, 0.5) is 0 Å². The summed E-state index contributed by atoms with van der Waals surface area (Å²) in [5, 5.41) is 2.90. The van der Waals surface area contributed by atoms with Crippen LogP contribution in [0.2, 0.25) is 0 Å². The minimum absolute atomic E-state index is 0.146. The lowest BCUT2D eigenvalue weighted by Crippen LogP contribution is -2.42. The fourth-order valence-electron chi connectivity index (χ4n) is 1.53. The molecule has 104 valence electrons. The smallest absolute Gasteiger partial charge is 0.305 e. The Kier molecular flexibility index (Phi) is 6.06. The minimum atomic E-state index is -0.250. The van der Waals surface area contributed by atoms with Gasteiger partial charge in [0.2, 0.25) is 0 Å². The van der Waals surface area contributed by atoms with Crippen molar-refractivity contribution >= 4 is 11.9 Å². The fraction of sp³-hybridized carbons (Fsp3) is 0.467. The molecule has 0 bridgehead atoms. The molecule has 0 unspecified atom stereocenters. The van der Waals surface area contributed by atoms with Crippen LogP contribution in [0.5, 0.6) is 0 Å². The molecule has 0 aliphatic carbocycles. The number of nitrogens with one attached hydrogen (secondary N) is 1. The molecule has 1 atom stereocenters. The molecule has 1 rings (SSSR count). The minimum Gasteiger partial charge on any atom is -0.463 e. The Bertz CT molecular complexity index is 415. The van der Waals surface area contributed by atoms with Gasteiger partial charge in [0.1, 0.15) is 6.61 Å². The first-order chi connectivity index (χ1) is 9.04. The van der Waals surface area contributed by atoms with Gasteiger partial charge in [0.05, 0.1) is 6.04 Å². The van der Waals surface area contributed by atoms with Crippen LogP contribution in [0.1, 0.15) is 37.6 Å². The number of hydrogen-bond donors (Lipinski definition) is 1. The topological polar surface area (TPSA) is 55.4 Å². The second-order valence-electron chi connectivity index (χ2n) is 4.73. The third kappa shape index (κ3) is 5.12. The van der Waals surface area contributed by atoms with Crippen molar-refractivity contribution in [2.45, 2.75) is 33.2 Å². The molecule has 0 aliphatic heterocycles. The van der Waals surface area contributed by atoms with E-state index in [2.05, 4.69) is 5.32 Å². The van der Waals surface area contributed by atoms with Crippen molar-refractivity contribution in [3.05, 3.63) is 35.9 Å². The van der Waals surface area contributed by atoms with Crippen molar-refractivity contribution < 1.29 is 14.3 Å². The number of ether oxygens (including phenoxy) is 1. The van der Waals surface area contributed by atoms with Crippen molar-refractivity contribution in [2.24, 2.45) is 5.92 Å². The highest BCUT2D eigenvalue weighted by atomic mass is 16.5. The lowest BCUT2D eigenvalue weighted by molar-refractivity contribution is -0.144. The maximum absolute atomic E-state index is 12.0. The number of carbonyl (C=O) groups is 2. The highest BCUT2D eigenvalue weighted by Crippen LogP contribution is 2.06. The standard InChI is InChI=1S/C15H21NO3/c1-4-14(17)19-10-13(11(2)3)16-15(18)12-8-6-5-7-9-12/h5-9,11,13H,4,10H2,1-3H3,(H,16,18)/t13-/m1/s1. The van der Waals surface area contributed by atoms with Gasteiger partial charge in [0.15, 0.2) is 0 Å². The summed E-state index contributed by atoms with van der Waals surface area (Å²) in [4.78, 5) is 23.2. The fourth-order valence-corrected chi connectivity index (χ4v) is 1.53. The lowest BCUT2D eigenvalue weighted by atomic mass is 10.0. The summed E-state index contributed by atoms with van der Waals surface area (Å²) in [6.07, 6.45) is 0.345. The molecular formula is C15H21NO3. The quantitative estimate of drug-likeness (QED) is 0.802. The van der Waals surface area contributed by atoms with Crippen LogP contribution < -0.4 is 5.32 Å². The third-order valence-electron chi connectivity index (χ3n) is 2.87. The summed E-state index contributed by atoms with van der Waals surface area (Å²) < 4.78 is 5.10. The van der Waals surface area contributed by atoms with Crippen LogP contribution in [0, 0.1) is 5.92 Å². The molecule has 1 N–H and O–H groups in total. The van der Waals surface area contributed by atoms with Gasteiger partial charge < -0.3 is 10.1 Å². The largest absolute Gasteiger partial charge is 0.463 e. The molecule has 4 heteroatoms. The zero-order chi connectivity index (χ0) is 14.3. The van der Waals surface area contributed by atoms with Crippen LogP contribution in [-0.2, 0) is 9.53 Å². The van der Waals surface area contributed by atoms with Crippen LogP contribution in [-0.4, -0.2) is 24.5 Å². The normalized spacial score (nSPS) is 12.0. The van der Waals surface area contributed by atoms with E-state index in [1.165, 1.54) is 0 Å². The second-order valence-corrected chi connectivity index (χ2v) is 4.73. The van der Waals surface area contributed by atoms with Crippen LogP contribution in [0.25, 0.3) is 0 Å². The number of rotatable bonds is 6. The molecule has 0 saturated heterocycles. The number of benzene rings is 1. The van der Waals surface area contributed by atoms with Gasteiger partial charge in [0.25, 0.3) is 5.91 Å². The highest BCUT2D eigenvalue weighted by molar-refractivity contribution is 5.94. The number of amides is 1. The summed E-state index contributed by atoms with van der Waals surface area (Å²) >= 11 is 0. The van der Waals surface area contributed by atoms with E-state index in [9.17, 15) is 9.59 Å². The molecule has 0 saturated carbocycles. The van der Waals surface area contributed by atoms with E-state index in [0.717, 1.165) is 0 Å². The SMILES string of the molecule is CCC(=O)OC[C@@H](NC(=O)c1ccccc1)C(C)C. The Hall–Kier alpha value is -1.84. The van der Waals surface area contributed by atoms with Gasteiger partial charge in [-0.25, -0.2) is 0 Å². The van der Waals surface area contributed by atoms with E-state index in [4.69, 9.17) is 4.74 Å². The van der Waals surface area contributed by atoms with E-state index in [-0.39, 0.29) is 30.4 Å². The molecule has 0 fully saturated rings. The number of carbonyl (C=O) groups excluding carboxylic acids is 2. The highest BCUT2D eigenvalue weighted by Gasteiger charge is 2.18. The molecule has 1 amide bonds. The Morgan fingerprint density at radius 3 is 2.37 bits per heavy atom.